The lowest BCUT2D eigenvalue weighted by Gasteiger charge is -2.52. The number of carbonyl (C=O) groups is 1. The van der Waals surface area contributed by atoms with Crippen LogP contribution in [0.15, 0.2) is 36.9 Å². The first-order valence-corrected chi connectivity index (χ1v) is 20.3. The maximum atomic E-state index is 12.7. The highest BCUT2D eigenvalue weighted by atomic mass is 16.9. The van der Waals surface area contributed by atoms with Gasteiger partial charge in [-0.2, -0.15) is 0 Å². The third kappa shape index (κ3) is 15.1. The van der Waals surface area contributed by atoms with E-state index in [2.05, 4.69) is 48.1 Å². The fourth-order valence-corrected chi connectivity index (χ4v) is 5.80. The van der Waals surface area contributed by atoms with Crippen LogP contribution in [0.25, 0.3) is 0 Å². The molecule has 0 fully saturated rings. The molecule has 0 radical (unpaired) electrons. The number of hydrogen-bond donors (Lipinski definition) is 0. The van der Waals surface area contributed by atoms with Crippen LogP contribution in [0.3, 0.4) is 0 Å². The van der Waals surface area contributed by atoms with E-state index in [4.69, 9.17) is 42.6 Å². The number of esters is 1. The van der Waals surface area contributed by atoms with Crippen molar-refractivity contribution >= 4 is 5.97 Å². The molecular formula is C42H74O10. The second-order valence-corrected chi connectivity index (χ2v) is 13.0. The minimum absolute atomic E-state index is 0.279. The average Bonchev–Trinajstić information content (AvgIpc) is 3.17. The highest BCUT2D eigenvalue weighted by Gasteiger charge is 2.64. The van der Waals surface area contributed by atoms with E-state index in [0.29, 0.717) is 84.1 Å². The zero-order valence-corrected chi connectivity index (χ0v) is 34.1. The third-order valence-corrected chi connectivity index (χ3v) is 8.11. The second-order valence-electron chi connectivity index (χ2n) is 13.0. The molecule has 302 valence electrons. The van der Waals surface area contributed by atoms with Gasteiger partial charge in [0.15, 0.2) is 0 Å². The van der Waals surface area contributed by atoms with Crippen molar-refractivity contribution in [1.29, 1.82) is 0 Å². The molecule has 1 aromatic rings. The monoisotopic (exact) mass is 739 g/mol. The normalized spacial score (nSPS) is 13.0. The molecule has 0 aliphatic rings. The van der Waals surface area contributed by atoms with Crippen molar-refractivity contribution in [2.45, 2.75) is 163 Å². The molecule has 1 rings (SSSR count). The van der Waals surface area contributed by atoms with Crippen LogP contribution < -0.4 is 4.74 Å². The van der Waals surface area contributed by atoms with Gasteiger partial charge < -0.3 is 42.6 Å². The van der Waals surface area contributed by atoms with Gasteiger partial charge in [0.2, 0.25) is 0 Å². The first kappa shape index (κ1) is 48.1. The Labute approximate surface area is 316 Å². The van der Waals surface area contributed by atoms with E-state index in [1.165, 1.54) is 0 Å². The first-order valence-electron chi connectivity index (χ1n) is 20.3. The molecule has 0 aliphatic carbocycles. The Kier molecular flexibility index (Phi) is 26.4. The standard InChI is InChI=1S/C42H74O10/c1-10-28-44-38(26-20-19-23-27-40(45-29-11-2,46-30-12-3)47-31-13-4)42(50-34-16-7,51-35-17-8)41(48-32-14-5,49-33-15-6)36-24-21-22-25-37(36)52-39(43)18-9/h18,21-22,24-25,38H,9-17,19-20,23,26-35H2,1-8H3. The van der Waals surface area contributed by atoms with Gasteiger partial charge in [-0.3, -0.25) is 0 Å². The summed E-state index contributed by atoms with van der Waals surface area (Å²) in [4.78, 5) is 12.7. The topological polar surface area (TPSA) is 100 Å². The molecule has 0 saturated carbocycles. The molecule has 10 nitrogen and oxygen atoms in total. The summed E-state index contributed by atoms with van der Waals surface area (Å²) in [5.41, 5.74) is 0.489. The Morgan fingerprint density at radius 2 is 1.08 bits per heavy atom. The quantitative estimate of drug-likeness (QED) is 0.0220. The summed E-state index contributed by atoms with van der Waals surface area (Å²) in [7, 11) is 0. The van der Waals surface area contributed by atoms with Crippen LogP contribution >= 0.6 is 0 Å². The van der Waals surface area contributed by atoms with E-state index in [1.54, 1.807) is 6.07 Å². The summed E-state index contributed by atoms with van der Waals surface area (Å²) in [5.74, 6) is -4.60. The van der Waals surface area contributed by atoms with E-state index < -0.39 is 29.6 Å². The van der Waals surface area contributed by atoms with Crippen LogP contribution in [0.2, 0.25) is 0 Å². The lowest BCUT2D eigenvalue weighted by atomic mass is 9.87. The fourth-order valence-electron chi connectivity index (χ4n) is 5.80. The zero-order chi connectivity index (χ0) is 38.6. The molecule has 0 aliphatic heterocycles. The number of unbranched alkanes of at least 4 members (excludes halogenated alkanes) is 2. The average molecular weight is 739 g/mol. The molecule has 1 unspecified atom stereocenters. The Balaban J connectivity index is 3.82. The van der Waals surface area contributed by atoms with Crippen LogP contribution in [-0.4, -0.2) is 76.7 Å². The van der Waals surface area contributed by atoms with Crippen LogP contribution in [0.5, 0.6) is 5.75 Å². The number of benzene rings is 1. The molecule has 0 bridgehead atoms. The minimum Gasteiger partial charge on any atom is -0.423 e. The van der Waals surface area contributed by atoms with Gasteiger partial charge in [-0.15, -0.1) is 0 Å². The molecule has 1 atom stereocenters. The summed E-state index contributed by atoms with van der Waals surface area (Å²) in [6, 6.07) is 7.28. The number of hydrogen-bond acceptors (Lipinski definition) is 10. The van der Waals surface area contributed by atoms with Crippen molar-refractivity contribution in [3.8, 4) is 5.75 Å². The molecule has 10 heteroatoms. The van der Waals surface area contributed by atoms with Gasteiger partial charge in [0.05, 0.1) is 51.8 Å². The third-order valence-electron chi connectivity index (χ3n) is 8.11. The van der Waals surface area contributed by atoms with E-state index in [-0.39, 0.29) is 5.75 Å². The van der Waals surface area contributed by atoms with Crippen molar-refractivity contribution in [2.75, 3.05) is 52.9 Å². The minimum atomic E-state index is -1.66. The Morgan fingerprint density at radius 3 is 1.56 bits per heavy atom. The van der Waals surface area contributed by atoms with Gasteiger partial charge >= 0.3 is 5.97 Å². The van der Waals surface area contributed by atoms with Crippen molar-refractivity contribution in [3.63, 3.8) is 0 Å². The van der Waals surface area contributed by atoms with Gasteiger partial charge in [0.25, 0.3) is 17.5 Å². The van der Waals surface area contributed by atoms with Crippen molar-refractivity contribution in [2.24, 2.45) is 0 Å². The number of para-hydroxylation sites is 1. The fraction of sp³-hybridized carbons (Fsp3) is 0.786. The molecule has 0 aromatic heterocycles. The van der Waals surface area contributed by atoms with Crippen LogP contribution in [0, 0.1) is 0 Å². The molecule has 1 aromatic carbocycles. The maximum absolute atomic E-state index is 12.7. The summed E-state index contributed by atoms with van der Waals surface area (Å²) in [5, 5.41) is 0. The molecule has 0 heterocycles. The highest BCUT2D eigenvalue weighted by molar-refractivity contribution is 5.83. The maximum Gasteiger partial charge on any atom is 0.335 e. The Hall–Kier alpha value is -1.89. The second kappa shape index (κ2) is 28.5. The van der Waals surface area contributed by atoms with Crippen LogP contribution in [0.4, 0.5) is 0 Å². The molecule has 0 N–H and O–H groups in total. The van der Waals surface area contributed by atoms with Gasteiger partial charge in [-0.05, 0) is 76.3 Å². The first-order chi connectivity index (χ1) is 25.3. The summed E-state index contributed by atoms with van der Waals surface area (Å²) >= 11 is 0. The largest absolute Gasteiger partial charge is 0.423 e. The lowest BCUT2D eigenvalue weighted by Crippen LogP contribution is -2.66. The smallest absolute Gasteiger partial charge is 0.335 e. The Bertz CT molecular complexity index is 1010. The molecule has 0 saturated heterocycles. The highest BCUT2D eigenvalue weighted by Crippen LogP contribution is 2.49. The van der Waals surface area contributed by atoms with Gasteiger partial charge in [0, 0.05) is 19.1 Å². The van der Waals surface area contributed by atoms with E-state index >= 15 is 0 Å². The number of ether oxygens (including phenoxy) is 9. The summed E-state index contributed by atoms with van der Waals surface area (Å²) in [6.07, 6.45) is 10.4. The van der Waals surface area contributed by atoms with Crippen molar-refractivity contribution in [3.05, 3.63) is 42.5 Å². The molecule has 0 spiro atoms. The summed E-state index contributed by atoms with van der Waals surface area (Å²) < 4.78 is 59.1. The number of rotatable bonds is 35. The zero-order valence-electron chi connectivity index (χ0n) is 34.1. The van der Waals surface area contributed by atoms with E-state index in [9.17, 15) is 4.79 Å². The van der Waals surface area contributed by atoms with Crippen LogP contribution in [0.1, 0.15) is 144 Å². The van der Waals surface area contributed by atoms with E-state index in [1.807, 2.05) is 32.0 Å². The van der Waals surface area contributed by atoms with E-state index in [0.717, 1.165) is 63.9 Å². The van der Waals surface area contributed by atoms with Crippen molar-refractivity contribution in [1.82, 2.24) is 0 Å². The molecule has 0 amide bonds. The van der Waals surface area contributed by atoms with Crippen molar-refractivity contribution < 1.29 is 47.4 Å². The lowest BCUT2D eigenvalue weighted by molar-refractivity contribution is -0.445. The summed E-state index contributed by atoms with van der Waals surface area (Å²) in [6.45, 7) is 23.7. The predicted molar refractivity (Wildman–Crippen MR) is 206 cm³/mol. The molecule has 52 heavy (non-hydrogen) atoms. The van der Waals surface area contributed by atoms with Gasteiger partial charge in [-0.25, -0.2) is 4.79 Å². The Morgan fingerprint density at radius 1 is 0.615 bits per heavy atom. The van der Waals surface area contributed by atoms with Gasteiger partial charge in [0.1, 0.15) is 11.9 Å². The molecular weight excluding hydrogens is 664 g/mol. The number of carbonyl (C=O) groups excluding carboxylic acids is 1. The predicted octanol–water partition coefficient (Wildman–Crippen LogP) is 10.0. The van der Waals surface area contributed by atoms with Crippen LogP contribution in [-0.2, 0) is 48.5 Å². The SMILES string of the molecule is C=CC(=O)Oc1ccccc1C(OCCC)(OCCC)C(OCCC)(OCCC)C(CCCCCC(OCCC)(OCCC)OCCC)OCCC. The van der Waals surface area contributed by atoms with Gasteiger partial charge in [-0.1, -0.05) is 86.9 Å².